The van der Waals surface area contributed by atoms with Crippen molar-refractivity contribution in [2.24, 2.45) is 0 Å². The molecule has 0 unspecified atom stereocenters. The molecule has 2 aromatic carbocycles. The van der Waals surface area contributed by atoms with Crippen LogP contribution < -0.4 is 10.1 Å². The maximum Gasteiger partial charge on any atom is 0.264 e. The first-order valence-electron chi connectivity index (χ1n) is 6.94. The van der Waals surface area contributed by atoms with E-state index in [0.717, 1.165) is 15.8 Å². The lowest BCUT2D eigenvalue weighted by atomic mass is 10.2. The fraction of sp³-hybridized carbons (Fsp3) is 0.118. The largest absolute Gasteiger partial charge is 0.484 e. The molecular formula is C17H13N3O2S. The number of nitriles is 1. The molecule has 0 saturated carbocycles. The van der Waals surface area contributed by atoms with E-state index in [0.29, 0.717) is 16.4 Å². The molecule has 0 fully saturated rings. The number of nitrogens with zero attached hydrogens (tertiary/aromatic N) is 2. The first-order valence-corrected chi connectivity index (χ1v) is 7.76. The van der Waals surface area contributed by atoms with E-state index in [-0.39, 0.29) is 12.5 Å². The van der Waals surface area contributed by atoms with Gasteiger partial charge in [-0.15, -0.1) is 0 Å². The zero-order valence-corrected chi connectivity index (χ0v) is 13.2. The summed E-state index contributed by atoms with van der Waals surface area (Å²) in [5, 5.41) is 12.1. The van der Waals surface area contributed by atoms with Crippen molar-refractivity contribution in [2.45, 2.75) is 6.92 Å². The van der Waals surface area contributed by atoms with Crippen LogP contribution in [0.15, 0.2) is 42.5 Å². The summed E-state index contributed by atoms with van der Waals surface area (Å²) < 4.78 is 6.42. The molecule has 0 aliphatic heterocycles. The van der Waals surface area contributed by atoms with Crippen LogP contribution in [-0.4, -0.2) is 17.5 Å². The molecular weight excluding hydrogens is 310 g/mol. The van der Waals surface area contributed by atoms with Crippen LogP contribution in [-0.2, 0) is 4.79 Å². The molecule has 114 valence electrons. The number of thiazole rings is 1. The van der Waals surface area contributed by atoms with Crippen molar-refractivity contribution in [2.75, 3.05) is 11.9 Å². The van der Waals surface area contributed by atoms with Gasteiger partial charge in [0.1, 0.15) is 5.75 Å². The molecule has 0 saturated heterocycles. The number of hydrogen-bond acceptors (Lipinski definition) is 5. The highest BCUT2D eigenvalue weighted by Crippen LogP contribution is 2.26. The van der Waals surface area contributed by atoms with Crippen molar-refractivity contribution in [3.63, 3.8) is 0 Å². The van der Waals surface area contributed by atoms with E-state index in [9.17, 15) is 4.79 Å². The Balaban J connectivity index is 1.63. The molecule has 5 nitrogen and oxygen atoms in total. The van der Waals surface area contributed by atoms with Gasteiger partial charge in [-0.3, -0.25) is 10.1 Å². The average molecular weight is 323 g/mol. The molecule has 23 heavy (non-hydrogen) atoms. The average Bonchev–Trinajstić information content (AvgIpc) is 2.94. The third-order valence-electron chi connectivity index (χ3n) is 3.12. The van der Waals surface area contributed by atoms with Crippen LogP contribution in [0.2, 0.25) is 0 Å². The highest BCUT2D eigenvalue weighted by molar-refractivity contribution is 7.22. The van der Waals surface area contributed by atoms with E-state index in [1.807, 2.05) is 31.2 Å². The molecule has 3 aromatic rings. The molecule has 0 atom stereocenters. The Morgan fingerprint density at radius 2 is 2.22 bits per heavy atom. The topological polar surface area (TPSA) is 75.0 Å². The molecule has 3 rings (SSSR count). The third-order valence-corrected chi connectivity index (χ3v) is 4.06. The lowest BCUT2D eigenvalue weighted by molar-refractivity contribution is -0.118. The van der Waals surface area contributed by atoms with E-state index < -0.39 is 0 Å². The summed E-state index contributed by atoms with van der Waals surface area (Å²) in [4.78, 5) is 16.3. The van der Waals surface area contributed by atoms with Gasteiger partial charge in [0.25, 0.3) is 5.91 Å². The lowest BCUT2D eigenvalue weighted by Crippen LogP contribution is -2.20. The summed E-state index contributed by atoms with van der Waals surface area (Å²) in [6.45, 7) is 1.88. The number of aryl methyl sites for hydroxylation is 1. The van der Waals surface area contributed by atoms with Crippen LogP contribution in [0.5, 0.6) is 5.75 Å². The first kappa shape index (κ1) is 15.0. The number of fused-ring (bicyclic) bond motifs is 1. The van der Waals surface area contributed by atoms with Crippen molar-refractivity contribution >= 4 is 32.6 Å². The predicted octanol–water partition coefficient (Wildman–Crippen LogP) is 3.49. The Labute approximate surface area is 137 Å². The standard InChI is InChI=1S/C17H13N3O2S/c1-11-5-6-14-15(7-11)23-17(19-14)20-16(21)10-22-13-4-2-3-12(8-13)9-18/h2-8H,10H2,1H3,(H,19,20,21). The second kappa shape index (κ2) is 6.46. The Hall–Kier alpha value is -2.91. The van der Waals surface area contributed by atoms with E-state index in [2.05, 4.69) is 10.3 Å². The maximum absolute atomic E-state index is 11.9. The van der Waals surface area contributed by atoms with Crippen LogP contribution in [0.25, 0.3) is 10.2 Å². The fourth-order valence-corrected chi connectivity index (χ4v) is 3.03. The van der Waals surface area contributed by atoms with Gasteiger partial charge in [0.2, 0.25) is 0 Å². The Bertz CT molecular complexity index is 912. The molecule has 0 bridgehead atoms. The molecule has 6 heteroatoms. The van der Waals surface area contributed by atoms with Crippen LogP contribution in [0.4, 0.5) is 5.13 Å². The molecule has 0 radical (unpaired) electrons. The summed E-state index contributed by atoms with van der Waals surface area (Å²) in [6, 6.07) is 14.7. The smallest absolute Gasteiger partial charge is 0.264 e. The fourth-order valence-electron chi connectivity index (χ4n) is 2.04. The van der Waals surface area contributed by atoms with Crippen LogP contribution in [0, 0.1) is 18.3 Å². The first-order chi connectivity index (χ1) is 11.1. The van der Waals surface area contributed by atoms with Gasteiger partial charge in [0.15, 0.2) is 11.7 Å². The van der Waals surface area contributed by atoms with Crippen molar-refractivity contribution < 1.29 is 9.53 Å². The lowest BCUT2D eigenvalue weighted by Gasteiger charge is -2.05. The number of nitrogens with one attached hydrogen (secondary N) is 1. The number of amides is 1. The third kappa shape index (κ3) is 3.65. The van der Waals surface area contributed by atoms with E-state index in [1.165, 1.54) is 11.3 Å². The highest BCUT2D eigenvalue weighted by Gasteiger charge is 2.09. The van der Waals surface area contributed by atoms with E-state index in [4.69, 9.17) is 10.00 Å². The summed E-state index contributed by atoms with van der Waals surface area (Å²) in [7, 11) is 0. The van der Waals surface area contributed by atoms with Crippen molar-refractivity contribution in [3.8, 4) is 11.8 Å². The predicted molar refractivity (Wildman–Crippen MR) is 89.6 cm³/mol. The van der Waals surface area contributed by atoms with Crippen LogP contribution in [0.3, 0.4) is 0 Å². The van der Waals surface area contributed by atoms with Crippen molar-refractivity contribution in [3.05, 3.63) is 53.6 Å². The number of hydrogen-bond donors (Lipinski definition) is 1. The number of rotatable bonds is 4. The molecule has 1 N–H and O–H groups in total. The van der Waals surface area contributed by atoms with Gasteiger partial charge in [0.05, 0.1) is 21.8 Å². The van der Waals surface area contributed by atoms with Gasteiger partial charge in [-0.2, -0.15) is 5.26 Å². The van der Waals surface area contributed by atoms with Gasteiger partial charge in [-0.1, -0.05) is 23.5 Å². The minimum Gasteiger partial charge on any atom is -0.484 e. The Kier molecular flexibility index (Phi) is 4.22. The van der Waals surface area contributed by atoms with Gasteiger partial charge in [-0.25, -0.2) is 4.98 Å². The summed E-state index contributed by atoms with van der Waals surface area (Å²) in [5.41, 5.74) is 2.50. The minimum absolute atomic E-state index is 0.135. The second-order valence-corrected chi connectivity index (χ2v) is 6.00. The van der Waals surface area contributed by atoms with Gasteiger partial charge in [0, 0.05) is 0 Å². The van der Waals surface area contributed by atoms with Crippen molar-refractivity contribution in [1.29, 1.82) is 5.26 Å². The molecule has 1 aromatic heterocycles. The Morgan fingerprint density at radius 3 is 3.04 bits per heavy atom. The number of benzene rings is 2. The molecule has 1 heterocycles. The summed E-state index contributed by atoms with van der Waals surface area (Å²) >= 11 is 1.43. The van der Waals surface area contributed by atoms with Crippen LogP contribution in [0.1, 0.15) is 11.1 Å². The SMILES string of the molecule is Cc1ccc2nc(NC(=O)COc3cccc(C#N)c3)sc2c1. The second-order valence-electron chi connectivity index (χ2n) is 4.97. The zero-order chi connectivity index (χ0) is 16.2. The summed E-state index contributed by atoms with van der Waals surface area (Å²) in [6.07, 6.45) is 0. The van der Waals surface area contributed by atoms with E-state index in [1.54, 1.807) is 24.3 Å². The molecule has 0 spiro atoms. The number of ether oxygens (including phenoxy) is 1. The maximum atomic E-state index is 11.9. The highest BCUT2D eigenvalue weighted by atomic mass is 32.1. The van der Waals surface area contributed by atoms with E-state index >= 15 is 0 Å². The molecule has 0 aliphatic rings. The van der Waals surface area contributed by atoms with Gasteiger partial charge < -0.3 is 4.74 Å². The van der Waals surface area contributed by atoms with Gasteiger partial charge >= 0.3 is 0 Å². The van der Waals surface area contributed by atoms with Crippen molar-refractivity contribution in [1.82, 2.24) is 4.98 Å². The van der Waals surface area contributed by atoms with Gasteiger partial charge in [-0.05, 0) is 42.8 Å². The number of carbonyl (C=O) groups excluding carboxylic acids is 1. The number of carbonyl (C=O) groups is 1. The number of aromatic nitrogens is 1. The van der Waals surface area contributed by atoms with Crippen LogP contribution >= 0.6 is 11.3 Å². The minimum atomic E-state index is -0.289. The molecule has 1 amide bonds. The molecule has 0 aliphatic carbocycles. The monoisotopic (exact) mass is 323 g/mol. The number of anilines is 1. The summed E-state index contributed by atoms with van der Waals surface area (Å²) in [5.74, 6) is 0.197. The Morgan fingerprint density at radius 1 is 1.35 bits per heavy atom. The quantitative estimate of drug-likeness (QED) is 0.797. The normalized spacial score (nSPS) is 10.3. The zero-order valence-electron chi connectivity index (χ0n) is 12.4.